The minimum absolute atomic E-state index is 0.429. The molecule has 4 heteroatoms. The Morgan fingerprint density at radius 2 is 2.36 bits per heavy atom. The molecule has 0 saturated carbocycles. The average Bonchev–Trinajstić information content (AvgIpc) is 2.16. The van der Waals surface area contributed by atoms with Crippen LogP contribution < -0.4 is 5.73 Å². The van der Waals surface area contributed by atoms with Crippen molar-refractivity contribution >= 4 is 18.1 Å². The van der Waals surface area contributed by atoms with Gasteiger partial charge >= 0.3 is 0 Å². The Labute approximate surface area is 88.5 Å². The number of nitrogens with zero attached hydrogens (tertiary/aromatic N) is 1. The SMILES string of the molecule is CCCCn1cccc(C(N)=O)c1=S. The van der Waals surface area contributed by atoms with Gasteiger partial charge in [0.2, 0.25) is 0 Å². The Hall–Kier alpha value is -1.16. The number of carbonyl (C=O) groups excluding carboxylic acids is 1. The molecule has 0 atom stereocenters. The first-order valence-electron chi connectivity index (χ1n) is 4.66. The van der Waals surface area contributed by atoms with E-state index in [0.29, 0.717) is 10.2 Å². The number of aromatic nitrogens is 1. The van der Waals surface area contributed by atoms with Gasteiger partial charge in [0.25, 0.3) is 5.91 Å². The molecule has 0 spiro atoms. The monoisotopic (exact) mass is 210 g/mol. The van der Waals surface area contributed by atoms with Crippen molar-refractivity contribution in [2.75, 3.05) is 0 Å². The predicted octanol–water partition coefficient (Wildman–Crippen LogP) is 2.12. The fourth-order valence-corrected chi connectivity index (χ4v) is 1.55. The van der Waals surface area contributed by atoms with Gasteiger partial charge < -0.3 is 10.3 Å². The summed E-state index contributed by atoms with van der Waals surface area (Å²) in [6, 6.07) is 3.46. The van der Waals surface area contributed by atoms with Crippen LogP contribution in [0, 0.1) is 4.64 Å². The van der Waals surface area contributed by atoms with Crippen LogP contribution in [-0.4, -0.2) is 10.5 Å². The first-order chi connectivity index (χ1) is 6.66. The Balaban J connectivity index is 3.02. The number of aryl methyl sites for hydroxylation is 1. The van der Waals surface area contributed by atoms with Crippen molar-refractivity contribution in [3.63, 3.8) is 0 Å². The third kappa shape index (κ3) is 2.42. The third-order valence-electron chi connectivity index (χ3n) is 2.04. The summed E-state index contributed by atoms with van der Waals surface area (Å²) in [5.41, 5.74) is 5.62. The number of hydrogen-bond acceptors (Lipinski definition) is 2. The molecule has 0 unspecified atom stereocenters. The Morgan fingerprint density at radius 3 is 2.93 bits per heavy atom. The second-order valence-corrected chi connectivity index (χ2v) is 3.52. The molecule has 1 amide bonds. The van der Waals surface area contributed by atoms with E-state index in [2.05, 4.69) is 6.92 Å². The molecule has 0 aromatic carbocycles. The van der Waals surface area contributed by atoms with Crippen molar-refractivity contribution in [3.8, 4) is 0 Å². The van der Waals surface area contributed by atoms with Crippen molar-refractivity contribution < 1.29 is 4.79 Å². The second kappa shape index (κ2) is 4.91. The van der Waals surface area contributed by atoms with Gasteiger partial charge in [-0.15, -0.1) is 0 Å². The van der Waals surface area contributed by atoms with Crippen LogP contribution in [0.2, 0.25) is 0 Å². The quantitative estimate of drug-likeness (QED) is 0.774. The van der Waals surface area contributed by atoms with Gasteiger partial charge in [-0.3, -0.25) is 4.79 Å². The van der Waals surface area contributed by atoms with Gasteiger partial charge in [-0.05, 0) is 18.6 Å². The van der Waals surface area contributed by atoms with E-state index in [0.717, 1.165) is 19.4 Å². The van der Waals surface area contributed by atoms with Crippen molar-refractivity contribution in [2.24, 2.45) is 5.73 Å². The number of primary amides is 1. The van der Waals surface area contributed by atoms with Crippen molar-refractivity contribution in [3.05, 3.63) is 28.5 Å². The van der Waals surface area contributed by atoms with Crippen LogP contribution in [0.5, 0.6) is 0 Å². The Morgan fingerprint density at radius 1 is 1.64 bits per heavy atom. The highest BCUT2D eigenvalue weighted by Gasteiger charge is 2.03. The first kappa shape index (κ1) is 10.9. The number of amides is 1. The van der Waals surface area contributed by atoms with Gasteiger partial charge in [-0.2, -0.15) is 0 Å². The summed E-state index contributed by atoms with van der Waals surface area (Å²) < 4.78 is 2.42. The number of unbranched alkanes of at least 4 members (excludes halogenated alkanes) is 1. The van der Waals surface area contributed by atoms with E-state index < -0.39 is 5.91 Å². The highest BCUT2D eigenvalue weighted by molar-refractivity contribution is 7.71. The number of pyridine rings is 1. The largest absolute Gasteiger partial charge is 0.366 e. The lowest BCUT2D eigenvalue weighted by Crippen LogP contribution is -2.14. The highest BCUT2D eigenvalue weighted by Crippen LogP contribution is 2.04. The molecule has 0 aliphatic rings. The molecule has 0 radical (unpaired) electrons. The minimum Gasteiger partial charge on any atom is -0.366 e. The number of nitrogens with two attached hydrogens (primary N) is 1. The van der Waals surface area contributed by atoms with Crippen molar-refractivity contribution in [1.82, 2.24) is 4.57 Å². The lowest BCUT2D eigenvalue weighted by atomic mass is 10.2. The van der Waals surface area contributed by atoms with Crippen LogP contribution in [0.1, 0.15) is 30.1 Å². The third-order valence-corrected chi connectivity index (χ3v) is 2.49. The van der Waals surface area contributed by atoms with Gasteiger partial charge in [0, 0.05) is 12.7 Å². The topological polar surface area (TPSA) is 48.0 Å². The smallest absolute Gasteiger partial charge is 0.251 e. The zero-order valence-corrected chi connectivity index (χ0v) is 9.01. The maximum atomic E-state index is 11.0. The summed E-state index contributed by atoms with van der Waals surface area (Å²) in [4.78, 5) is 11.0. The molecule has 1 aromatic heterocycles. The second-order valence-electron chi connectivity index (χ2n) is 3.14. The standard InChI is InChI=1S/C10H14N2OS/c1-2-3-6-12-7-4-5-8(9(11)13)10(12)14/h4-5,7H,2-3,6H2,1H3,(H2,11,13). The average molecular weight is 210 g/mol. The Bertz CT molecular complexity index is 384. The lowest BCUT2D eigenvalue weighted by molar-refractivity contribution is 0.0999. The minimum atomic E-state index is -0.458. The fraction of sp³-hybridized carbons (Fsp3) is 0.400. The molecule has 0 aliphatic carbocycles. The zero-order chi connectivity index (χ0) is 10.6. The van der Waals surface area contributed by atoms with Crippen LogP contribution in [0.4, 0.5) is 0 Å². The molecule has 1 aromatic rings. The maximum Gasteiger partial charge on any atom is 0.251 e. The van der Waals surface area contributed by atoms with Gasteiger partial charge in [0.05, 0.1) is 5.56 Å². The molecule has 76 valence electrons. The molecule has 0 fully saturated rings. The van der Waals surface area contributed by atoms with Gasteiger partial charge in [-0.25, -0.2) is 0 Å². The summed E-state index contributed by atoms with van der Waals surface area (Å²) in [5.74, 6) is -0.458. The van der Waals surface area contributed by atoms with Crippen LogP contribution in [0.3, 0.4) is 0 Å². The number of rotatable bonds is 4. The molecule has 14 heavy (non-hydrogen) atoms. The lowest BCUT2D eigenvalue weighted by Gasteiger charge is -2.07. The van der Waals surface area contributed by atoms with E-state index in [1.165, 1.54) is 0 Å². The van der Waals surface area contributed by atoms with E-state index >= 15 is 0 Å². The summed E-state index contributed by atoms with van der Waals surface area (Å²) in [6.07, 6.45) is 4.03. The molecule has 2 N–H and O–H groups in total. The maximum absolute atomic E-state index is 11.0. The molecule has 3 nitrogen and oxygen atoms in total. The predicted molar refractivity (Wildman–Crippen MR) is 58.7 cm³/mol. The number of carbonyl (C=O) groups is 1. The molecule has 1 heterocycles. The highest BCUT2D eigenvalue weighted by atomic mass is 32.1. The van der Waals surface area contributed by atoms with E-state index in [1.54, 1.807) is 12.1 Å². The summed E-state index contributed by atoms with van der Waals surface area (Å²) in [5, 5.41) is 0. The van der Waals surface area contributed by atoms with Crippen LogP contribution in [0.15, 0.2) is 18.3 Å². The van der Waals surface area contributed by atoms with E-state index in [9.17, 15) is 4.79 Å². The van der Waals surface area contributed by atoms with E-state index in [-0.39, 0.29) is 0 Å². The van der Waals surface area contributed by atoms with Crippen LogP contribution in [0.25, 0.3) is 0 Å². The zero-order valence-electron chi connectivity index (χ0n) is 8.19. The summed E-state index contributed by atoms with van der Waals surface area (Å²) in [6.45, 7) is 2.96. The molecule has 0 saturated heterocycles. The Kier molecular flexibility index (Phi) is 3.83. The molecular weight excluding hydrogens is 196 g/mol. The van der Waals surface area contributed by atoms with Gasteiger partial charge in [0.1, 0.15) is 4.64 Å². The molecular formula is C10H14N2OS. The van der Waals surface area contributed by atoms with Crippen LogP contribution in [-0.2, 0) is 6.54 Å². The van der Waals surface area contributed by atoms with Gasteiger partial charge in [0.15, 0.2) is 0 Å². The van der Waals surface area contributed by atoms with Crippen molar-refractivity contribution in [2.45, 2.75) is 26.3 Å². The van der Waals surface area contributed by atoms with Gasteiger partial charge in [-0.1, -0.05) is 25.6 Å². The summed E-state index contributed by atoms with van der Waals surface area (Å²) in [7, 11) is 0. The van der Waals surface area contributed by atoms with Crippen LogP contribution >= 0.6 is 12.2 Å². The van der Waals surface area contributed by atoms with E-state index in [4.69, 9.17) is 18.0 Å². The molecule has 0 aliphatic heterocycles. The first-order valence-corrected chi connectivity index (χ1v) is 5.07. The summed E-state index contributed by atoms with van der Waals surface area (Å²) >= 11 is 5.14. The molecule has 0 bridgehead atoms. The number of hydrogen-bond donors (Lipinski definition) is 1. The van der Waals surface area contributed by atoms with E-state index in [1.807, 2.05) is 10.8 Å². The van der Waals surface area contributed by atoms with Crippen molar-refractivity contribution in [1.29, 1.82) is 0 Å². The fourth-order valence-electron chi connectivity index (χ4n) is 1.23. The normalized spacial score (nSPS) is 10.1. The molecule has 1 rings (SSSR count).